The average Bonchev–Trinajstić information content (AvgIpc) is 3.35. The van der Waals surface area contributed by atoms with Gasteiger partial charge in [0.15, 0.2) is 0 Å². The molecule has 0 spiro atoms. The van der Waals surface area contributed by atoms with Gasteiger partial charge in [-0.05, 0) is 35.1 Å². The minimum absolute atomic E-state index is 0.174. The van der Waals surface area contributed by atoms with Crippen LogP contribution in [-0.2, 0) is 16.3 Å². The number of aromatic nitrogens is 1. The number of hydrogen-bond acceptors (Lipinski definition) is 5. The average molecular weight is 550 g/mol. The highest BCUT2D eigenvalue weighted by atomic mass is 32.2. The highest BCUT2D eigenvalue weighted by molar-refractivity contribution is 7.85. The first-order valence-electron chi connectivity index (χ1n) is 12.4. The fourth-order valence-corrected chi connectivity index (χ4v) is 6.70. The molecule has 1 N–H and O–H groups in total. The Balaban J connectivity index is 1.26. The zero-order chi connectivity index (χ0) is 27.0. The van der Waals surface area contributed by atoms with Gasteiger partial charge in [-0.3, -0.25) is 9.54 Å². The zero-order valence-corrected chi connectivity index (χ0v) is 21.3. The maximum Gasteiger partial charge on any atom is 0.420 e. The molecule has 1 aliphatic heterocycles. The van der Waals surface area contributed by atoms with Crippen molar-refractivity contribution in [2.24, 2.45) is 0 Å². The van der Waals surface area contributed by atoms with Crippen LogP contribution in [0.5, 0.6) is 5.75 Å². The topological polar surface area (TPSA) is 89.6 Å². The van der Waals surface area contributed by atoms with Crippen molar-refractivity contribution in [1.82, 2.24) is 4.98 Å². The van der Waals surface area contributed by atoms with Crippen LogP contribution in [0.4, 0.5) is 13.2 Å². The van der Waals surface area contributed by atoms with Crippen LogP contribution in [0.2, 0.25) is 0 Å². The Labute approximate surface area is 218 Å². The molecule has 3 heterocycles. The van der Waals surface area contributed by atoms with Gasteiger partial charge in [0.05, 0.1) is 43.5 Å². The zero-order valence-electron chi connectivity index (χ0n) is 20.5. The number of benzene rings is 2. The summed E-state index contributed by atoms with van der Waals surface area (Å²) in [5.74, 6) is 0.101. The number of nitrogens with zero attached hydrogens (tertiary/aromatic N) is 2. The molecule has 2 aromatic carbocycles. The van der Waals surface area contributed by atoms with Gasteiger partial charge in [-0.1, -0.05) is 24.3 Å². The van der Waals surface area contributed by atoms with Gasteiger partial charge in [-0.2, -0.15) is 21.6 Å². The number of piperidine rings is 1. The normalized spacial score (nSPS) is 20.7. The van der Waals surface area contributed by atoms with Crippen LogP contribution in [-0.4, -0.2) is 54.6 Å². The summed E-state index contributed by atoms with van der Waals surface area (Å²) in [6.07, 6.45) is 2.28. The summed E-state index contributed by atoms with van der Waals surface area (Å²) in [4.78, 5) is 4.38. The number of hydrogen-bond donors (Lipinski definition) is 1. The number of furan rings is 1. The Kier molecular flexibility index (Phi) is 7.10. The Hall–Kier alpha value is -3.15. The maximum atomic E-state index is 13.3. The van der Waals surface area contributed by atoms with Crippen molar-refractivity contribution < 1.29 is 39.8 Å². The molecule has 11 heteroatoms. The second-order valence-corrected chi connectivity index (χ2v) is 11.3. The van der Waals surface area contributed by atoms with Gasteiger partial charge in [0.25, 0.3) is 0 Å². The van der Waals surface area contributed by atoms with E-state index in [0.29, 0.717) is 26.1 Å². The number of alkyl halides is 3. The molecule has 0 saturated carbocycles. The van der Waals surface area contributed by atoms with E-state index in [-0.39, 0.29) is 39.6 Å². The lowest BCUT2D eigenvalue weighted by molar-refractivity contribution is -0.922. The summed E-state index contributed by atoms with van der Waals surface area (Å²) >= 11 is 0. The monoisotopic (exact) mass is 549 g/mol. The lowest BCUT2D eigenvalue weighted by Gasteiger charge is -2.43. The second kappa shape index (κ2) is 10.2. The quantitative estimate of drug-likeness (QED) is 0.165. The minimum atomic E-state index is -4.55. The van der Waals surface area contributed by atoms with Crippen LogP contribution in [0.25, 0.3) is 21.7 Å². The standard InChI is InChI=1S/C27H27F3N2O5S/c28-27(29,30)24-6-7-25(22-10-15-37-26(22)24)36-14-3-11-32(18-38(33,34)35)12-8-19(9-13-32)23-17-31-16-20-4-1-2-5-21(20)23/h1-2,4-7,10,15-17,19H,3,8-9,11-14,18H2/p+1. The molecule has 1 fully saturated rings. The first-order chi connectivity index (χ1) is 18.0. The third-order valence-corrected chi connectivity index (χ3v) is 8.27. The van der Waals surface area contributed by atoms with Crippen molar-refractivity contribution in [3.8, 4) is 5.75 Å². The van der Waals surface area contributed by atoms with E-state index in [2.05, 4.69) is 11.1 Å². The SMILES string of the molecule is O=S(=O)(O)C[N+]1(CCCOc2ccc(C(F)(F)F)c3occc23)CCC(c2cncc3ccccc23)CC1. The van der Waals surface area contributed by atoms with E-state index in [9.17, 15) is 26.1 Å². The second-order valence-electron chi connectivity index (χ2n) is 9.92. The fraction of sp³-hybridized carbons (Fsp3) is 0.370. The lowest BCUT2D eigenvalue weighted by atomic mass is 9.86. The molecule has 0 amide bonds. The molecular weight excluding hydrogens is 521 g/mol. The van der Waals surface area contributed by atoms with Crippen LogP contribution in [0, 0.1) is 0 Å². The van der Waals surface area contributed by atoms with Crippen molar-refractivity contribution in [2.45, 2.75) is 31.4 Å². The van der Waals surface area contributed by atoms with Crippen LogP contribution in [0.15, 0.2) is 65.5 Å². The molecule has 0 unspecified atom stereocenters. The van der Waals surface area contributed by atoms with E-state index in [4.69, 9.17) is 9.15 Å². The number of likely N-dealkylation sites (tertiary alicyclic amines) is 1. The maximum absolute atomic E-state index is 13.3. The molecule has 4 aromatic rings. The smallest absolute Gasteiger partial charge is 0.420 e. The van der Waals surface area contributed by atoms with Crippen molar-refractivity contribution in [3.05, 3.63) is 72.2 Å². The molecule has 5 rings (SSSR count). The van der Waals surface area contributed by atoms with Gasteiger partial charge >= 0.3 is 16.3 Å². The lowest BCUT2D eigenvalue weighted by Crippen LogP contribution is -2.55. The number of fused-ring (bicyclic) bond motifs is 2. The number of rotatable bonds is 8. The van der Waals surface area contributed by atoms with Crippen molar-refractivity contribution in [1.29, 1.82) is 0 Å². The molecule has 0 atom stereocenters. The fourth-order valence-electron chi connectivity index (χ4n) is 5.62. The van der Waals surface area contributed by atoms with Crippen molar-refractivity contribution >= 4 is 31.9 Å². The molecule has 0 bridgehead atoms. The Morgan fingerprint density at radius 3 is 2.55 bits per heavy atom. The van der Waals surface area contributed by atoms with Crippen LogP contribution in [0.3, 0.4) is 0 Å². The molecule has 2 aromatic heterocycles. The van der Waals surface area contributed by atoms with E-state index >= 15 is 0 Å². The third-order valence-electron chi connectivity index (χ3n) is 7.40. The summed E-state index contributed by atoms with van der Waals surface area (Å²) in [5, 5.41) is 2.42. The molecule has 7 nitrogen and oxygen atoms in total. The first-order valence-corrected chi connectivity index (χ1v) is 14.0. The summed E-state index contributed by atoms with van der Waals surface area (Å²) < 4.78 is 84.3. The van der Waals surface area contributed by atoms with Gasteiger partial charge in [-0.25, -0.2) is 0 Å². The Morgan fingerprint density at radius 1 is 1.05 bits per heavy atom. The van der Waals surface area contributed by atoms with E-state index in [1.807, 2.05) is 30.6 Å². The Bertz CT molecular complexity index is 1540. The molecule has 1 aliphatic rings. The van der Waals surface area contributed by atoms with Crippen LogP contribution in [0.1, 0.15) is 36.3 Å². The molecule has 202 valence electrons. The van der Waals surface area contributed by atoms with E-state index in [1.54, 1.807) is 0 Å². The summed E-state index contributed by atoms with van der Waals surface area (Å²) in [7, 11) is -4.23. The number of pyridine rings is 1. The van der Waals surface area contributed by atoms with Crippen LogP contribution >= 0.6 is 0 Å². The Morgan fingerprint density at radius 2 is 1.82 bits per heavy atom. The van der Waals surface area contributed by atoms with Gasteiger partial charge < -0.3 is 13.6 Å². The third kappa shape index (κ3) is 5.64. The van der Waals surface area contributed by atoms with Gasteiger partial charge in [0.1, 0.15) is 11.3 Å². The molecule has 0 radical (unpaired) electrons. The first kappa shape index (κ1) is 26.5. The number of ether oxygens (including phenoxy) is 1. The summed E-state index contributed by atoms with van der Waals surface area (Å²) in [6, 6.07) is 11.7. The molecule has 1 saturated heterocycles. The van der Waals surface area contributed by atoms with Gasteiger partial charge in [0.2, 0.25) is 5.88 Å². The summed E-state index contributed by atoms with van der Waals surface area (Å²) in [5.41, 5.74) is -0.0100. The number of halogens is 3. The van der Waals surface area contributed by atoms with Crippen molar-refractivity contribution in [3.63, 3.8) is 0 Å². The molecule has 38 heavy (non-hydrogen) atoms. The summed E-state index contributed by atoms with van der Waals surface area (Å²) in [6.45, 7) is 1.73. The van der Waals surface area contributed by atoms with Crippen molar-refractivity contribution in [2.75, 3.05) is 32.1 Å². The van der Waals surface area contributed by atoms with Gasteiger partial charge in [0, 0.05) is 37.0 Å². The highest BCUT2D eigenvalue weighted by Gasteiger charge is 2.38. The van der Waals surface area contributed by atoms with E-state index < -0.39 is 21.9 Å². The molecular formula is C27H28F3N2O5S+. The highest BCUT2D eigenvalue weighted by Crippen LogP contribution is 2.39. The van der Waals surface area contributed by atoms with Gasteiger partial charge in [-0.15, -0.1) is 0 Å². The minimum Gasteiger partial charge on any atom is -0.493 e. The largest absolute Gasteiger partial charge is 0.493 e. The number of quaternary nitrogens is 1. The van der Waals surface area contributed by atoms with E-state index in [0.717, 1.165) is 35.2 Å². The molecule has 0 aliphatic carbocycles. The van der Waals surface area contributed by atoms with E-state index in [1.165, 1.54) is 18.4 Å². The predicted octanol–water partition coefficient (Wildman–Crippen LogP) is 6.01. The predicted molar refractivity (Wildman–Crippen MR) is 136 cm³/mol. The van der Waals surface area contributed by atoms with Crippen LogP contribution < -0.4 is 4.74 Å².